The lowest BCUT2D eigenvalue weighted by molar-refractivity contribution is 0.415. The van der Waals surface area contributed by atoms with Crippen molar-refractivity contribution in [3.05, 3.63) is 36.5 Å². The van der Waals surface area contributed by atoms with Gasteiger partial charge in [0.05, 0.1) is 19.0 Å². The van der Waals surface area contributed by atoms with Crippen molar-refractivity contribution in [2.24, 2.45) is 7.05 Å². The van der Waals surface area contributed by atoms with Gasteiger partial charge in [0.15, 0.2) is 5.03 Å². The van der Waals surface area contributed by atoms with Crippen LogP contribution in [0, 0.1) is 0 Å². The zero-order valence-corrected chi connectivity index (χ0v) is 14.0. The van der Waals surface area contributed by atoms with E-state index < -0.39 is 10.0 Å². The lowest BCUT2D eigenvalue weighted by atomic mass is 10.2. The fourth-order valence-corrected chi connectivity index (χ4v) is 4.26. The molecule has 0 radical (unpaired) electrons. The second-order valence-corrected chi connectivity index (χ2v) is 7.18. The van der Waals surface area contributed by atoms with Crippen LogP contribution < -0.4 is 14.4 Å². The minimum absolute atomic E-state index is 0.139. The molecular formula is C15H20N4O3S. The van der Waals surface area contributed by atoms with Crippen LogP contribution in [-0.4, -0.2) is 44.4 Å². The number of para-hydroxylation sites is 2. The van der Waals surface area contributed by atoms with E-state index >= 15 is 0 Å². The van der Waals surface area contributed by atoms with Crippen LogP contribution >= 0.6 is 0 Å². The number of benzene rings is 1. The second-order valence-electron chi connectivity index (χ2n) is 5.52. The summed E-state index contributed by atoms with van der Waals surface area (Å²) in [5, 5.41) is 4.09. The average Bonchev–Trinajstić information content (AvgIpc) is 3.16. The maximum Gasteiger partial charge on any atom is 0.258 e. The smallest absolute Gasteiger partial charge is 0.258 e. The topological polar surface area (TPSA) is 76.5 Å². The van der Waals surface area contributed by atoms with E-state index in [4.69, 9.17) is 4.74 Å². The van der Waals surface area contributed by atoms with Gasteiger partial charge in [-0.05, 0) is 24.6 Å². The Bertz CT molecular complexity index is 788. The van der Waals surface area contributed by atoms with Crippen LogP contribution in [0.15, 0.2) is 41.6 Å². The minimum atomic E-state index is -3.56. The van der Waals surface area contributed by atoms with Crippen molar-refractivity contribution in [3.63, 3.8) is 0 Å². The van der Waals surface area contributed by atoms with E-state index in [1.54, 1.807) is 14.2 Å². The number of methoxy groups -OCH3 is 1. The highest BCUT2D eigenvalue weighted by molar-refractivity contribution is 7.89. The Morgan fingerprint density at radius 2 is 2.09 bits per heavy atom. The van der Waals surface area contributed by atoms with Crippen molar-refractivity contribution in [2.75, 3.05) is 25.1 Å². The molecule has 2 heterocycles. The molecule has 23 heavy (non-hydrogen) atoms. The van der Waals surface area contributed by atoms with Crippen molar-refractivity contribution in [2.45, 2.75) is 17.5 Å². The molecule has 1 aromatic heterocycles. The molecule has 1 aromatic carbocycles. The molecule has 124 valence electrons. The number of aryl methyl sites for hydroxylation is 1. The maximum absolute atomic E-state index is 12.4. The van der Waals surface area contributed by atoms with Gasteiger partial charge in [-0.1, -0.05) is 12.1 Å². The number of nitrogens with zero attached hydrogens (tertiary/aromatic N) is 3. The highest BCUT2D eigenvalue weighted by Crippen LogP contribution is 2.30. The van der Waals surface area contributed by atoms with Crippen molar-refractivity contribution < 1.29 is 13.2 Å². The van der Waals surface area contributed by atoms with E-state index in [0.717, 1.165) is 24.4 Å². The van der Waals surface area contributed by atoms with Gasteiger partial charge in [0, 0.05) is 26.2 Å². The number of aromatic nitrogens is 2. The molecule has 1 atom stereocenters. The van der Waals surface area contributed by atoms with E-state index in [0.29, 0.717) is 6.54 Å². The Hall–Kier alpha value is -2.06. The summed E-state index contributed by atoms with van der Waals surface area (Å²) in [4.78, 5) is 2.13. The predicted molar refractivity (Wildman–Crippen MR) is 87.1 cm³/mol. The molecule has 1 unspecified atom stereocenters. The summed E-state index contributed by atoms with van der Waals surface area (Å²) in [6.45, 7) is 1.39. The zero-order chi connectivity index (χ0) is 16.4. The third kappa shape index (κ3) is 3.18. The molecule has 0 spiro atoms. The van der Waals surface area contributed by atoms with Gasteiger partial charge < -0.3 is 9.64 Å². The summed E-state index contributed by atoms with van der Waals surface area (Å²) in [6, 6.07) is 9.11. The van der Waals surface area contributed by atoms with Crippen molar-refractivity contribution in [1.82, 2.24) is 14.5 Å². The third-order valence-corrected chi connectivity index (χ3v) is 5.58. The molecule has 0 amide bonds. The quantitative estimate of drug-likeness (QED) is 0.881. The standard InChI is InChI=1S/C15H20N4O3S/c1-18-15(7-9-16-18)23(20,21)17-12-8-10-19(11-12)13-5-3-4-6-14(13)22-2/h3-7,9,12,17H,8,10-11H2,1-2H3. The molecule has 0 aliphatic carbocycles. The molecule has 1 saturated heterocycles. The normalized spacial score (nSPS) is 18.3. The van der Waals surface area contributed by atoms with Crippen molar-refractivity contribution in [3.8, 4) is 5.75 Å². The van der Waals surface area contributed by atoms with Crippen LogP contribution in [0.25, 0.3) is 0 Å². The van der Waals surface area contributed by atoms with Gasteiger partial charge >= 0.3 is 0 Å². The first-order valence-corrected chi connectivity index (χ1v) is 8.88. The second kappa shape index (κ2) is 6.21. The van der Waals surface area contributed by atoms with Gasteiger partial charge in [-0.3, -0.25) is 4.68 Å². The number of hydrogen-bond donors (Lipinski definition) is 1. The SMILES string of the molecule is COc1ccccc1N1CCC(NS(=O)(=O)c2ccnn2C)C1. The molecular weight excluding hydrogens is 316 g/mol. The van der Waals surface area contributed by atoms with Crippen LogP contribution in [-0.2, 0) is 17.1 Å². The van der Waals surface area contributed by atoms with E-state index in [9.17, 15) is 8.42 Å². The summed E-state index contributed by atoms with van der Waals surface area (Å²) < 4.78 is 34.3. The number of nitrogens with one attached hydrogen (secondary N) is 1. The van der Waals surface area contributed by atoms with Crippen LogP contribution in [0.3, 0.4) is 0 Å². The molecule has 0 saturated carbocycles. The van der Waals surface area contributed by atoms with Gasteiger partial charge in [-0.2, -0.15) is 5.10 Å². The van der Waals surface area contributed by atoms with Crippen LogP contribution in [0.5, 0.6) is 5.75 Å². The Morgan fingerprint density at radius 3 is 2.78 bits per heavy atom. The average molecular weight is 336 g/mol. The number of ether oxygens (including phenoxy) is 1. The van der Waals surface area contributed by atoms with Crippen molar-refractivity contribution in [1.29, 1.82) is 0 Å². The molecule has 1 aliphatic heterocycles. The van der Waals surface area contributed by atoms with E-state index in [2.05, 4.69) is 14.7 Å². The molecule has 3 rings (SSSR count). The van der Waals surface area contributed by atoms with Gasteiger partial charge in [0.25, 0.3) is 10.0 Å². The zero-order valence-electron chi connectivity index (χ0n) is 13.1. The van der Waals surface area contributed by atoms with E-state index in [-0.39, 0.29) is 11.1 Å². The maximum atomic E-state index is 12.4. The fraction of sp³-hybridized carbons (Fsp3) is 0.400. The molecule has 1 N–H and O–H groups in total. The Balaban J connectivity index is 1.72. The number of rotatable bonds is 5. The first-order valence-electron chi connectivity index (χ1n) is 7.39. The molecule has 1 fully saturated rings. The van der Waals surface area contributed by atoms with Gasteiger partial charge in [-0.15, -0.1) is 0 Å². The number of hydrogen-bond acceptors (Lipinski definition) is 5. The Labute approximate surface area is 135 Å². The highest BCUT2D eigenvalue weighted by Gasteiger charge is 2.29. The van der Waals surface area contributed by atoms with Crippen LogP contribution in [0.2, 0.25) is 0 Å². The van der Waals surface area contributed by atoms with E-state index in [1.807, 2.05) is 24.3 Å². The van der Waals surface area contributed by atoms with E-state index in [1.165, 1.54) is 16.9 Å². The molecule has 8 heteroatoms. The first kappa shape index (κ1) is 15.8. The summed E-state index contributed by atoms with van der Waals surface area (Å²) in [7, 11) is -0.308. The minimum Gasteiger partial charge on any atom is -0.495 e. The van der Waals surface area contributed by atoms with Gasteiger partial charge in [0.1, 0.15) is 5.75 Å². The summed E-state index contributed by atoms with van der Waals surface area (Å²) in [5.41, 5.74) is 0.984. The predicted octanol–water partition coefficient (Wildman–Crippen LogP) is 0.986. The fourth-order valence-electron chi connectivity index (χ4n) is 2.87. The number of sulfonamides is 1. The van der Waals surface area contributed by atoms with Crippen molar-refractivity contribution >= 4 is 15.7 Å². The van der Waals surface area contributed by atoms with Crippen LogP contribution in [0.4, 0.5) is 5.69 Å². The lowest BCUT2D eigenvalue weighted by Gasteiger charge is -2.21. The molecule has 0 bridgehead atoms. The highest BCUT2D eigenvalue weighted by atomic mass is 32.2. The third-order valence-electron chi connectivity index (χ3n) is 3.99. The summed E-state index contributed by atoms with van der Waals surface area (Å²) in [6.07, 6.45) is 2.22. The van der Waals surface area contributed by atoms with Crippen LogP contribution in [0.1, 0.15) is 6.42 Å². The summed E-state index contributed by atoms with van der Waals surface area (Å²) in [5.74, 6) is 0.794. The monoisotopic (exact) mass is 336 g/mol. The lowest BCUT2D eigenvalue weighted by Crippen LogP contribution is -2.37. The first-order chi connectivity index (χ1) is 11.0. The number of anilines is 1. The van der Waals surface area contributed by atoms with Gasteiger partial charge in [-0.25, -0.2) is 13.1 Å². The largest absolute Gasteiger partial charge is 0.495 e. The summed E-state index contributed by atoms with van der Waals surface area (Å²) >= 11 is 0. The Morgan fingerprint density at radius 1 is 1.30 bits per heavy atom. The van der Waals surface area contributed by atoms with Gasteiger partial charge in [0.2, 0.25) is 0 Å². The Kier molecular flexibility index (Phi) is 4.27. The molecule has 1 aliphatic rings. The molecule has 7 nitrogen and oxygen atoms in total. The molecule has 2 aromatic rings.